The number of benzene rings is 1. The second-order valence-electron chi connectivity index (χ2n) is 4.60. The van der Waals surface area contributed by atoms with Gasteiger partial charge in [0, 0.05) is 5.56 Å². The van der Waals surface area contributed by atoms with Crippen molar-refractivity contribution in [2.24, 2.45) is 11.5 Å². The molecule has 6 N–H and O–H groups in total. The van der Waals surface area contributed by atoms with E-state index in [-0.39, 0.29) is 12.5 Å². The van der Waals surface area contributed by atoms with E-state index in [1.807, 2.05) is 18.2 Å². The Morgan fingerprint density at radius 2 is 1.54 bits per heavy atom. The summed E-state index contributed by atoms with van der Waals surface area (Å²) in [4.78, 5) is 29.0. The summed E-state index contributed by atoms with van der Waals surface area (Å²) >= 11 is 0. The van der Waals surface area contributed by atoms with Gasteiger partial charge in [-0.3, -0.25) is 9.59 Å². The summed E-state index contributed by atoms with van der Waals surface area (Å²) in [5.74, 6) is -4.05. The summed E-state index contributed by atoms with van der Waals surface area (Å²) in [5.41, 5.74) is 13.0. The molecule has 0 radical (unpaired) electrons. The molecule has 0 aromatic heterocycles. The van der Waals surface area contributed by atoms with Crippen LogP contribution in [0.2, 0.25) is 0 Å². The van der Waals surface area contributed by atoms with Crippen molar-refractivity contribution in [3.63, 3.8) is 0 Å². The standard InChI is InChI=1S/C10H11NO.C2HF3O2.C2H5NO2/c11-10(12)9-5-4-7-2-1-3-8(7)6-9;3-2(4,5)1(6)7;3-1-2(4)5/h4-6H,1-3H2,(H2,11,12);(H,6,7);1,3H2,(H,4,5). The Kier molecular flexibility index (Phi) is 8.47. The smallest absolute Gasteiger partial charge is 0.480 e. The molecule has 0 unspecified atom stereocenters. The van der Waals surface area contributed by atoms with Crippen molar-refractivity contribution in [2.45, 2.75) is 25.4 Å². The summed E-state index contributed by atoms with van der Waals surface area (Å²) in [5, 5.41) is 14.7. The molecule has 1 aromatic carbocycles. The third-order valence-electron chi connectivity index (χ3n) is 2.80. The largest absolute Gasteiger partial charge is 0.490 e. The predicted octanol–water partition coefficient (Wildman–Crippen LogP) is 0.937. The van der Waals surface area contributed by atoms with Crippen molar-refractivity contribution in [3.05, 3.63) is 34.9 Å². The number of carbonyl (C=O) groups is 3. The number of fused-ring (bicyclic) bond motifs is 1. The van der Waals surface area contributed by atoms with Crippen LogP contribution in [0.3, 0.4) is 0 Å². The second-order valence-corrected chi connectivity index (χ2v) is 4.60. The van der Waals surface area contributed by atoms with E-state index in [1.165, 1.54) is 17.5 Å². The van der Waals surface area contributed by atoms with E-state index in [9.17, 15) is 22.8 Å². The molecule has 0 spiro atoms. The maximum Gasteiger partial charge on any atom is 0.490 e. The van der Waals surface area contributed by atoms with Crippen LogP contribution < -0.4 is 11.5 Å². The summed E-state index contributed by atoms with van der Waals surface area (Å²) in [6.07, 6.45) is -1.64. The number of hydrogen-bond donors (Lipinski definition) is 4. The van der Waals surface area contributed by atoms with Crippen molar-refractivity contribution in [1.82, 2.24) is 0 Å². The maximum atomic E-state index is 10.8. The summed E-state index contributed by atoms with van der Waals surface area (Å²) < 4.78 is 31.7. The van der Waals surface area contributed by atoms with Crippen LogP contribution in [0, 0.1) is 0 Å². The Hall–Kier alpha value is -2.62. The summed E-state index contributed by atoms with van der Waals surface area (Å²) in [7, 11) is 0. The molecule has 1 aliphatic carbocycles. The van der Waals surface area contributed by atoms with Gasteiger partial charge in [-0.25, -0.2) is 4.79 Å². The number of carboxylic acids is 2. The van der Waals surface area contributed by atoms with Gasteiger partial charge in [0.25, 0.3) is 0 Å². The molecule has 0 bridgehead atoms. The number of primary amides is 1. The van der Waals surface area contributed by atoms with Crippen LogP contribution in [0.5, 0.6) is 0 Å². The number of amides is 1. The Morgan fingerprint density at radius 3 is 1.92 bits per heavy atom. The Morgan fingerprint density at radius 1 is 1.08 bits per heavy atom. The Balaban J connectivity index is 0.000000379. The van der Waals surface area contributed by atoms with Crippen LogP contribution in [0.4, 0.5) is 13.2 Å². The Labute approximate surface area is 135 Å². The minimum atomic E-state index is -5.08. The van der Waals surface area contributed by atoms with Crippen molar-refractivity contribution in [3.8, 4) is 0 Å². The number of aryl methyl sites for hydroxylation is 2. The number of carboxylic acid groups (broad SMARTS) is 2. The average molecular weight is 350 g/mol. The van der Waals surface area contributed by atoms with Crippen molar-refractivity contribution >= 4 is 17.8 Å². The fourth-order valence-corrected chi connectivity index (χ4v) is 1.73. The van der Waals surface area contributed by atoms with Gasteiger partial charge in [-0.15, -0.1) is 0 Å². The zero-order valence-electron chi connectivity index (χ0n) is 12.5. The van der Waals surface area contributed by atoms with E-state index in [4.69, 9.17) is 20.7 Å². The van der Waals surface area contributed by atoms with Gasteiger partial charge >= 0.3 is 18.1 Å². The number of halogens is 3. The number of alkyl halides is 3. The fourth-order valence-electron chi connectivity index (χ4n) is 1.73. The molecule has 0 fully saturated rings. The molecule has 0 saturated heterocycles. The van der Waals surface area contributed by atoms with Crippen molar-refractivity contribution in [1.29, 1.82) is 0 Å². The lowest BCUT2D eigenvalue weighted by molar-refractivity contribution is -0.192. The van der Waals surface area contributed by atoms with Gasteiger partial charge in [-0.2, -0.15) is 13.2 Å². The zero-order valence-corrected chi connectivity index (χ0v) is 12.5. The van der Waals surface area contributed by atoms with E-state index in [0.29, 0.717) is 5.56 Å². The highest BCUT2D eigenvalue weighted by atomic mass is 19.4. The highest BCUT2D eigenvalue weighted by Gasteiger charge is 2.38. The van der Waals surface area contributed by atoms with E-state index >= 15 is 0 Å². The van der Waals surface area contributed by atoms with Crippen molar-refractivity contribution in [2.75, 3.05) is 6.54 Å². The summed E-state index contributed by atoms with van der Waals surface area (Å²) in [6, 6.07) is 5.75. The molecule has 24 heavy (non-hydrogen) atoms. The predicted molar refractivity (Wildman–Crippen MR) is 77.4 cm³/mol. The summed E-state index contributed by atoms with van der Waals surface area (Å²) in [6.45, 7) is -0.278. The molecule has 2 rings (SSSR count). The van der Waals surface area contributed by atoms with Gasteiger partial charge < -0.3 is 21.7 Å². The molecule has 1 aromatic rings. The molecule has 7 nitrogen and oxygen atoms in total. The molecular formula is C14H17F3N2O5. The molecule has 1 amide bonds. The lowest BCUT2D eigenvalue weighted by atomic mass is 10.1. The first kappa shape index (κ1) is 21.4. The minimum Gasteiger partial charge on any atom is -0.480 e. The normalized spacial score (nSPS) is 12.0. The van der Waals surface area contributed by atoms with Gasteiger partial charge in [-0.05, 0) is 42.5 Å². The van der Waals surface area contributed by atoms with E-state index in [0.717, 1.165) is 12.8 Å². The lowest BCUT2D eigenvalue weighted by Gasteiger charge is -2.00. The highest BCUT2D eigenvalue weighted by molar-refractivity contribution is 5.93. The van der Waals surface area contributed by atoms with Crippen LogP contribution in [-0.4, -0.2) is 40.8 Å². The molecule has 10 heteroatoms. The van der Waals surface area contributed by atoms with E-state index in [2.05, 4.69) is 5.73 Å². The van der Waals surface area contributed by atoms with Crippen LogP contribution in [0.25, 0.3) is 0 Å². The third kappa shape index (κ3) is 8.13. The van der Waals surface area contributed by atoms with Crippen LogP contribution in [0.1, 0.15) is 27.9 Å². The molecule has 0 saturated carbocycles. The maximum absolute atomic E-state index is 10.8. The van der Waals surface area contributed by atoms with Crippen LogP contribution in [0.15, 0.2) is 18.2 Å². The minimum absolute atomic E-state index is 0.278. The van der Waals surface area contributed by atoms with Crippen LogP contribution in [-0.2, 0) is 22.4 Å². The van der Waals surface area contributed by atoms with E-state index in [1.54, 1.807) is 0 Å². The third-order valence-corrected chi connectivity index (χ3v) is 2.80. The van der Waals surface area contributed by atoms with Crippen molar-refractivity contribution < 1.29 is 37.8 Å². The number of nitrogens with two attached hydrogens (primary N) is 2. The molecular weight excluding hydrogens is 333 g/mol. The second kappa shape index (κ2) is 9.50. The van der Waals surface area contributed by atoms with Gasteiger partial charge in [0.1, 0.15) is 0 Å². The van der Waals surface area contributed by atoms with Gasteiger partial charge in [0.15, 0.2) is 0 Å². The van der Waals surface area contributed by atoms with Gasteiger partial charge in [0.05, 0.1) is 6.54 Å². The van der Waals surface area contributed by atoms with Crippen LogP contribution >= 0.6 is 0 Å². The van der Waals surface area contributed by atoms with Gasteiger partial charge in [0.2, 0.25) is 5.91 Å². The SMILES string of the molecule is NC(=O)c1ccc2c(c1)CCC2.NCC(=O)O.O=C(O)C(F)(F)F. The molecule has 0 aliphatic heterocycles. The molecule has 134 valence electrons. The fraction of sp³-hybridized carbons (Fsp3) is 0.357. The van der Waals surface area contributed by atoms with Gasteiger partial charge in [-0.1, -0.05) is 6.07 Å². The molecule has 0 atom stereocenters. The molecule has 0 heterocycles. The number of rotatable bonds is 2. The number of hydrogen-bond acceptors (Lipinski definition) is 4. The van der Waals surface area contributed by atoms with E-state index < -0.39 is 18.1 Å². The topological polar surface area (TPSA) is 144 Å². The lowest BCUT2D eigenvalue weighted by Crippen LogP contribution is -2.21. The average Bonchev–Trinajstić information content (AvgIpc) is 2.94. The first-order valence-electron chi connectivity index (χ1n) is 6.62. The highest BCUT2D eigenvalue weighted by Crippen LogP contribution is 2.22. The molecule has 1 aliphatic rings. The zero-order chi connectivity index (χ0) is 18.9. The first-order valence-corrected chi connectivity index (χ1v) is 6.62. The first-order chi connectivity index (χ1) is 11.0. The Bertz CT molecular complexity index is 603. The number of carbonyl (C=O) groups excluding carboxylic acids is 1. The monoisotopic (exact) mass is 350 g/mol. The quantitative estimate of drug-likeness (QED) is 0.625. The number of aliphatic carboxylic acids is 2.